The summed E-state index contributed by atoms with van der Waals surface area (Å²) in [4.78, 5) is 11.0. The van der Waals surface area contributed by atoms with E-state index in [0.717, 1.165) is 0 Å². The molecule has 0 spiro atoms. The summed E-state index contributed by atoms with van der Waals surface area (Å²) in [7, 11) is 0. The van der Waals surface area contributed by atoms with Crippen LogP contribution in [-0.4, -0.2) is 9.79 Å². The average Bonchev–Trinajstić information content (AvgIpc) is 2.30. The van der Waals surface area contributed by atoms with Crippen LogP contribution in [0.15, 0.2) is 36.0 Å². The average molecular weight is 298 g/mol. The molecule has 0 aliphatic heterocycles. The maximum absolute atomic E-state index is 10.8. The van der Waals surface area contributed by atoms with Crippen molar-refractivity contribution in [3.8, 4) is 0 Å². The number of hydrogen-bond donors (Lipinski definition) is 2. The van der Waals surface area contributed by atoms with E-state index in [1.807, 2.05) is 0 Å². The lowest BCUT2D eigenvalue weighted by atomic mass is 9.94. The number of allylic oxidation sites excluding steroid dienone is 3. The lowest BCUT2D eigenvalue weighted by molar-refractivity contribution is -0.419. The Hall–Kier alpha value is -1.92. The molecule has 7 heteroatoms. The van der Waals surface area contributed by atoms with Crippen molar-refractivity contribution >= 4 is 46.4 Å². The molecule has 2 rings (SSSR count). The molecular formula is C12H12ClN3O2S. The van der Waals surface area contributed by atoms with Gasteiger partial charge < -0.3 is 11.5 Å². The van der Waals surface area contributed by atoms with Crippen molar-refractivity contribution in [3.63, 3.8) is 0 Å². The number of anilines is 2. The van der Waals surface area contributed by atoms with Crippen LogP contribution in [0.2, 0.25) is 0 Å². The third-order valence-electron chi connectivity index (χ3n) is 2.67. The molecule has 0 unspecified atom stereocenters. The molecular weight excluding hydrogens is 286 g/mol. The van der Waals surface area contributed by atoms with Crippen molar-refractivity contribution in [2.75, 3.05) is 11.5 Å². The summed E-state index contributed by atoms with van der Waals surface area (Å²) < 4.78 is 0. The fourth-order valence-electron chi connectivity index (χ4n) is 1.78. The number of nitrogens with two attached hydrogens (primary N) is 2. The minimum absolute atomic E-state index is 0. The van der Waals surface area contributed by atoms with E-state index in [2.05, 4.69) is 0 Å². The van der Waals surface area contributed by atoms with Crippen molar-refractivity contribution in [2.45, 2.75) is 6.42 Å². The predicted molar refractivity (Wildman–Crippen MR) is 82.8 cm³/mol. The molecule has 100 valence electrons. The van der Waals surface area contributed by atoms with Crippen molar-refractivity contribution < 1.29 is 4.92 Å². The van der Waals surface area contributed by atoms with Crippen molar-refractivity contribution in [3.05, 3.63) is 51.7 Å². The largest absolute Gasteiger partial charge is 0.399 e. The molecule has 0 aromatic heterocycles. The summed E-state index contributed by atoms with van der Waals surface area (Å²) >= 11 is 5.22. The topological polar surface area (TPSA) is 95.2 Å². The van der Waals surface area contributed by atoms with Crippen LogP contribution in [0.1, 0.15) is 12.0 Å². The van der Waals surface area contributed by atoms with Crippen LogP contribution in [0.25, 0.3) is 5.57 Å². The first-order valence-electron chi connectivity index (χ1n) is 5.24. The van der Waals surface area contributed by atoms with E-state index < -0.39 is 4.92 Å². The quantitative estimate of drug-likeness (QED) is 0.378. The van der Waals surface area contributed by atoms with E-state index in [9.17, 15) is 10.1 Å². The highest BCUT2D eigenvalue weighted by Crippen LogP contribution is 2.30. The van der Waals surface area contributed by atoms with Gasteiger partial charge in [0.2, 0.25) is 0 Å². The van der Waals surface area contributed by atoms with Crippen LogP contribution < -0.4 is 11.5 Å². The summed E-state index contributed by atoms with van der Waals surface area (Å²) in [5.74, 6) is 0. The minimum atomic E-state index is -0.435. The van der Waals surface area contributed by atoms with Gasteiger partial charge in [0, 0.05) is 39.9 Å². The first kappa shape index (κ1) is 15.1. The maximum Gasteiger partial charge on any atom is 0.266 e. The molecule has 1 aromatic carbocycles. The maximum atomic E-state index is 10.8. The molecule has 0 fully saturated rings. The first-order chi connectivity index (χ1) is 8.49. The van der Waals surface area contributed by atoms with Crippen LogP contribution in [0.5, 0.6) is 0 Å². The van der Waals surface area contributed by atoms with Gasteiger partial charge in [-0.3, -0.25) is 10.1 Å². The second-order valence-corrected chi connectivity index (χ2v) is 4.41. The van der Waals surface area contributed by atoms with Gasteiger partial charge in [-0.05, 0) is 18.2 Å². The van der Waals surface area contributed by atoms with Gasteiger partial charge >= 0.3 is 0 Å². The highest BCUT2D eigenvalue weighted by Gasteiger charge is 2.20. The number of thiocarbonyl (C=S) groups is 1. The van der Waals surface area contributed by atoms with E-state index in [-0.39, 0.29) is 18.1 Å². The highest BCUT2D eigenvalue weighted by molar-refractivity contribution is 7.81. The summed E-state index contributed by atoms with van der Waals surface area (Å²) in [6.07, 6.45) is 3.33. The molecule has 0 saturated heterocycles. The van der Waals surface area contributed by atoms with E-state index >= 15 is 0 Å². The Kier molecular flexibility index (Phi) is 4.63. The van der Waals surface area contributed by atoms with Crippen molar-refractivity contribution in [2.24, 2.45) is 0 Å². The first-order valence-corrected chi connectivity index (χ1v) is 5.64. The lowest BCUT2D eigenvalue weighted by Crippen LogP contribution is -2.09. The Morgan fingerprint density at radius 2 is 2.00 bits per heavy atom. The molecule has 5 nitrogen and oxygen atoms in total. The van der Waals surface area contributed by atoms with Gasteiger partial charge in [0.25, 0.3) is 5.70 Å². The van der Waals surface area contributed by atoms with Gasteiger partial charge in [0.1, 0.15) is 0 Å². The number of nitrogen functional groups attached to an aromatic ring is 2. The van der Waals surface area contributed by atoms with Gasteiger partial charge in [-0.2, -0.15) is 0 Å². The van der Waals surface area contributed by atoms with Crippen molar-refractivity contribution in [1.82, 2.24) is 0 Å². The standard InChI is InChI=1S/C12H11N3O2S.ClH/c13-7-1-3-9(11(14)5-7)10-6-8(15(16)17)2-4-12(10)18;/h1-3,5-6H,4,13-14H2;1H. The molecule has 1 aromatic rings. The summed E-state index contributed by atoms with van der Waals surface area (Å²) in [5, 5.41) is 10.8. The van der Waals surface area contributed by atoms with E-state index in [0.29, 0.717) is 33.8 Å². The van der Waals surface area contributed by atoms with Gasteiger partial charge in [0.15, 0.2) is 0 Å². The normalized spacial score (nSPS) is 14.2. The summed E-state index contributed by atoms with van der Waals surface area (Å²) in [6, 6.07) is 5.04. The SMILES string of the molecule is Cl.Nc1ccc(C2=CC([N+](=O)[O-])=CCC2=S)c(N)c1. The molecule has 19 heavy (non-hydrogen) atoms. The van der Waals surface area contributed by atoms with Crippen LogP contribution >= 0.6 is 24.6 Å². The Bertz CT molecular complexity index is 611. The smallest absolute Gasteiger partial charge is 0.266 e. The number of hydrogen-bond acceptors (Lipinski definition) is 5. The number of nitrogens with zero attached hydrogens (tertiary/aromatic N) is 1. The van der Waals surface area contributed by atoms with Crippen molar-refractivity contribution in [1.29, 1.82) is 0 Å². The minimum Gasteiger partial charge on any atom is -0.399 e. The zero-order valence-corrected chi connectivity index (χ0v) is 11.5. The molecule has 4 N–H and O–H groups in total. The molecule has 0 radical (unpaired) electrons. The molecule has 0 saturated carbocycles. The predicted octanol–water partition coefficient (Wildman–Crippen LogP) is 2.59. The molecule has 0 amide bonds. The van der Waals surface area contributed by atoms with Gasteiger partial charge in [-0.1, -0.05) is 18.3 Å². The van der Waals surface area contributed by atoms with Gasteiger partial charge in [-0.25, -0.2) is 0 Å². The monoisotopic (exact) mass is 297 g/mol. The number of rotatable bonds is 2. The Morgan fingerprint density at radius 3 is 2.58 bits per heavy atom. The summed E-state index contributed by atoms with van der Waals surface area (Å²) in [6.45, 7) is 0. The second-order valence-electron chi connectivity index (χ2n) is 3.92. The Labute approximate surface area is 121 Å². The molecule has 0 atom stereocenters. The number of benzene rings is 1. The Balaban J connectivity index is 0.00000180. The fraction of sp³-hybridized carbons (Fsp3) is 0.0833. The van der Waals surface area contributed by atoms with E-state index in [1.54, 1.807) is 18.2 Å². The molecule has 0 heterocycles. The second kappa shape index (κ2) is 5.81. The third kappa shape index (κ3) is 3.10. The zero-order chi connectivity index (χ0) is 13.3. The zero-order valence-electron chi connectivity index (χ0n) is 9.83. The van der Waals surface area contributed by atoms with Crippen LogP contribution in [-0.2, 0) is 0 Å². The third-order valence-corrected chi connectivity index (χ3v) is 3.05. The summed E-state index contributed by atoms with van der Waals surface area (Å²) in [5.41, 5.74) is 13.8. The number of nitro groups is 1. The van der Waals surface area contributed by atoms with E-state index in [1.165, 1.54) is 12.2 Å². The fourth-order valence-corrected chi connectivity index (χ4v) is 2.03. The van der Waals surface area contributed by atoms with Gasteiger partial charge in [-0.15, -0.1) is 12.4 Å². The lowest BCUT2D eigenvalue weighted by Gasteiger charge is -2.14. The Morgan fingerprint density at radius 1 is 1.32 bits per heavy atom. The van der Waals surface area contributed by atoms with Gasteiger partial charge in [0.05, 0.1) is 4.92 Å². The van der Waals surface area contributed by atoms with E-state index in [4.69, 9.17) is 23.7 Å². The highest BCUT2D eigenvalue weighted by atomic mass is 35.5. The van der Waals surface area contributed by atoms with Crippen LogP contribution in [0.4, 0.5) is 11.4 Å². The molecule has 1 aliphatic carbocycles. The van der Waals surface area contributed by atoms with Crippen LogP contribution in [0, 0.1) is 10.1 Å². The molecule has 0 bridgehead atoms. The number of halogens is 1. The van der Waals surface area contributed by atoms with Crippen LogP contribution in [0.3, 0.4) is 0 Å². The molecule has 1 aliphatic rings.